The molecule has 0 saturated carbocycles. The molecule has 0 N–H and O–H groups in total. The van der Waals surface area contributed by atoms with Gasteiger partial charge in [0, 0.05) is 9.35 Å². The second-order valence-electron chi connectivity index (χ2n) is 3.53. The number of thiophene rings is 1. The average Bonchev–Trinajstić information content (AvgIpc) is 2.68. The van der Waals surface area contributed by atoms with Crippen molar-refractivity contribution in [3.05, 3.63) is 48.8 Å². The number of alkyl halides is 1. The van der Waals surface area contributed by atoms with Crippen LogP contribution in [0.1, 0.15) is 15.3 Å². The van der Waals surface area contributed by atoms with E-state index in [0.29, 0.717) is 0 Å². The number of halogens is 4. The number of methoxy groups -OCH3 is 1. The Bertz CT molecular complexity index is 551. The van der Waals surface area contributed by atoms with Gasteiger partial charge in [-0.25, -0.2) is 4.39 Å². The SMILES string of the molecule is COc1ccc(C(Br)c2cc(Br)c(Br)s2)cc1F. The molecule has 0 bridgehead atoms. The van der Waals surface area contributed by atoms with Crippen molar-refractivity contribution in [1.29, 1.82) is 0 Å². The van der Waals surface area contributed by atoms with E-state index in [2.05, 4.69) is 47.8 Å². The predicted molar refractivity (Wildman–Crippen MR) is 83.4 cm³/mol. The van der Waals surface area contributed by atoms with Crippen LogP contribution in [0.15, 0.2) is 32.5 Å². The van der Waals surface area contributed by atoms with Crippen LogP contribution in [0, 0.1) is 5.82 Å². The zero-order valence-electron chi connectivity index (χ0n) is 9.22. The van der Waals surface area contributed by atoms with E-state index in [1.54, 1.807) is 17.4 Å². The molecular formula is C12H8Br3FOS. The van der Waals surface area contributed by atoms with Gasteiger partial charge in [0.15, 0.2) is 11.6 Å². The highest BCUT2D eigenvalue weighted by Crippen LogP contribution is 2.41. The highest BCUT2D eigenvalue weighted by molar-refractivity contribution is 9.13. The first-order chi connectivity index (χ1) is 8.52. The minimum Gasteiger partial charge on any atom is -0.494 e. The fourth-order valence-corrected chi connectivity index (χ4v) is 4.29. The molecule has 1 heterocycles. The third kappa shape index (κ3) is 2.98. The lowest BCUT2D eigenvalue weighted by Crippen LogP contribution is -1.93. The van der Waals surface area contributed by atoms with Crippen molar-refractivity contribution in [2.75, 3.05) is 7.11 Å². The van der Waals surface area contributed by atoms with Gasteiger partial charge in [0.2, 0.25) is 0 Å². The van der Waals surface area contributed by atoms with Crippen molar-refractivity contribution in [2.24, 2.45) is 0 Å². The van der Waals surface area contributed by atoms with E-state index >= 15 is 0 Å². The Kier molecular flexibility index (Phi) is 4.86. The van der Waals surface area contributed by atoms with Crippen LogP contribution in [0.2, 0.25) is 0 Å². The van der Waals surface area contributed by atoms with Gasteiger partial charge >= 0.3 is 0 Å². The van der Waals surface area contributed by atoms with E-state index in [9.17, 15) is 4.39 Å². The standard InChI is InChI=1S/C12H8Br3FOS/c1-17-9-3-2-6(4-8(9)16)11(14)10-5-7(13)12(15)18-10/h2-5,11H,1H3. The molecule has 0 aliphatic heterocycles. The van der Waals surface area contributed by atoms with Crippen LogP contribution in [0.3, 0.4) is 0 Å². The van der Waals surface area contributed by atoms with E-state index in [0.717, 1.165) is 18.7 Å². The van der Waals surface area contributed by atoms with Gasteiger partial charge in [-0.05, 0) is 55.6 Å². The normalized spacial score (nSPS) is 12.5. The van der Waals surface area contributed by atoms with Gasteiger partial charge in [-0.3, -0.25) is 0 Å². The van der Waals surface area contributed by atoms with Crippen molar-refractivity contribution in [2.45, 2.75) is 4.83 Å². The molecule has 1 nitrogen and oxygen atoms in total. The fourth-order valence-electron chi connectivity index (χ4n) is 1.49. The Balaban J connectivity index is 2.33. The number of hydrogen-bond acceptors (Lipinski definition) is 2. The third-order valence-corrected chi connectivity index (χ3v) is 7.03. The Labute approximate surface area is 134 Å². The molecular weight excluding hydrogens is 451 g/mol. The Hall–Kier alpha value is 0.0900. The first kappa shape index (κ1) is 14.5. The summed E-state index contributed by atoms with van der Waals surface area (Å²) in [5, 5.41) is 0. The molecule has 0 saturated heterocycles. The van der Waals surface area contributed by atoms with Crippen molar-refractivity contribution >= 4 is 59.1 Å². The molecule has 1 atom stereocenters. The molecule has 0 amide bonds. The molecule has 2 rings (SSSR count). The second kappa shape index (κ2) is 6.03. The molecule has 0 fully saturated rings. The lowest BCUT2D eigenvalue weighted by atomic mass is 10.1. The quantitative estimate of drug-likeness (QED) is 0.520. The summed E-state index contributed by atoms with van der Waals surface area (Å²) in [7, 11) is 1.46. The molecule has 96 valence electrons. The average molecular weight is 459 g/mol. The zero-order chi connectivity index (χ0) is 13.3. The van der Waals surface area contributed by atoms with Crippen LogP contribution < -0.4 is 4.74 Å². The van der Waals surface area contributed by atoms with Crippen LogP contribution in [-0.2, 0) is 0 Å². The molecule has 1 aromatic heterocycles. The largest absolute Gasteiger partial charge is 0.494 e. The highest BCUT2D eigenvalue weighted by atomic mass is 79.9. The van der Waals surface area contributed by atoms with E-state index < -0.39 is 0 Å². The van der Waals surface area contributed by atoms with Crippen LogP contribution in [-0.4, -0.2) is 7.11 Å². The molecule has 1 unspecified atom stereocenters. The molecule has 0 aliphatic rings. The third-order valence-electron chi connectivity index (χ3n) is 2.38. The van der Waals surface area contributed by atoms with Crippen LogP contribution in [0.5, 0.6) is 5.75 Å². The second-order valence-corrected chi connectivity index (χ2v) is 7.70. The summed E-state index contributed by atoms with van der Waals surface area (Å²) in [6.07, 6.45) is 0. The molecule has 6 heteroatoms. The van der Waals surface area contributed by atoms with Gasteiger partial charge < -0.3 is 4.74 Å². The van der Waals surface area contributed by atoms with Gasteiger partial charge in [0.1, 0.15) is 0 Å². The van der Waals surface area contributed by atoms with Gasteiger partial charge in [0.25, 0.3) is 0 Å². The van der Waals surface area contributed by atoms with Gasteiger partial charge in [-0.15, -0.1) is 11.3 Å². The molecule has 0 radical (unpaired) electrons. The fraction of sp³-hybridized carbons (Fsp3) is 0.167. The Morgan fingerprint density at radius 3 is 2.50 bits per heavy atom. The molecule has 0 aliphatic carbocycles. The van der Waals surface area contributed by atoms with Crippen LogP contribution in [0.4, 0.5) is 4.39 Å². The molecule has 2 aromatic rings. The maximum Gasteiger partial charge on any atom is 0.165 e. The Morgan fingerprint density at radius 1 is 1.28 bits per heavy atom. The predicted octanol–water partition coefficient (Wildman–Crippen LogP) is 5.91. The first-order valence-corrected chi connectivity index (χ1v) is 8.27. The summed E-state index contributed by atoms with van der Waals surface area (Å²) in [5.41, 5.74) is 0.856. The van der Waals surface area contributed by atoms with Crippen molar-refractivity contribution in [1.82, 2.24) is 0 Å². The lowest BCUT2D eigenvalue weighted by Gasteiger charge is -2.09. The monoisotopic (exact) mass is 456 g/mol. The van der Waals surface area contributed by atoms with E-state index in [-0.39, 0.29) is 16.4 Å². The number of hydrogen-bond donors (Lipinski definition) is 0. The summed E-state index contributed by atoms with van der Waals surface area (Å²) in [6, 6.07) is 6.98. The van der Waals surface area contributed by atoms with E-state index in [1.807, 2.05) is 12.1 Å². The lowest BCUT2D eigenvalue weighted by molar-refractivity contribution is 0.386. The van der Waals surface area contributed by atoms with Crippen molar-refractivity contribution in [3.63, 3.8) is 0 Å². The number of ether oxygens (including phenoxy) is 1. The first-order valence-electron chi connectivity index (χ1n) is 4.95. The van der Waals surface area contributed by atoms with Crippen molar-refractivity contribution < 1.29 is 9.13 Å². The number of rotatable bonds is 3. The summed E-state index contributed by atoms with van der Waals surface area (Å²) < 4.78 is 20.6. The van der Waals surface area contributed by atoms with E-state index in [1.165, 1.54) is 13.2 Å². The van der Waals surface area contributed by atoms with Gasteiger partial charge in [-0.2, -0.15) is 0 Å². The highest BCUT2D eigenvalue weighted by Gasteiger charge is 2.16. The maximum atomic E-state index is 13.7. The van der Waals surface area contributed by atoms with Crippen LogP contribution >= 0.6 is 59.1 Å². The smallest absolute Gasteiger partial charge is 0.165 e. The van der Waals surface area contributed by atoms with Crippen LogP contribution in [0.25, 0.3) is 0 Å². The molecule has 0 spiro atoms. The zero-order valence-corrected chi connectivity index (χ0v) is 14.8. The summed E-state index contributed by atoms with van der Waals surface area (Å²) in [5.74, 6) is -0.0962. The topological polar surface area (TPSA) is 9.23 Å². The Morgan fingerprint density at radius 2 is 2.00 bits per heavy atom. The minimum atomic E-state index is -0.353. The van der Waals surface area contributed by atoms with Gasteiger partial charge in [0.05, 0.1) is 15.7 Å². The maximum absolute atomic E-state index is 13.7. The summed E-state index contributed by atoms with van der Waals surface area (Å²) in [6.45, 7) is 0. The van der Waals surface area contributed by atoms with Crippen molar-refractivity contribution in [3.8, 4) is 5.75 Å². The van der Waals surface area contributed by atoms with E-state index in [4.69, 9.17) is 4.74 Å². The minimum absolute atomic E-state index is 0.0366. The molecule has 1 aromatic carbocycles. The van der Waals surface area contributed by atoms with Gasteiger partial charge in [-0.1, -0.05) is 22.0 Å². The summed E-state index contributed by atoms with van der Waals surface area (Å²) >= 11 is 12.1. The summed E-state index contributed by atoms with van der Waals surface area (Å²) in [4.78, 5) is 1.06. The number of benzene rings is 1. The molecule has 18 heavy (non-hydrogen) atoms.